The van der Waals surface area contributed by atoms with Crippen molar-refractivity contribution < 1.29 is 77.0 Å². The molecule has 0 aliphatic carbocycles. The lowest BCUT2D eigenvalue weighted by Gasteiger charge is -2.32. The average Bonchev–Trinajstić information content (AvgIpc) is 2.40. The Bertz CT molecular complexity index is 3010. The van der Waals surface area contributed by atoms with Gasteiger partial charge in [-0.3, -0.25) is 56.9 Å². The second-order valence-corrected chi connectivity index (χ2v) is 23.0. The van der Waals surface area contributed by atoms with Gasteiger partial charge in [-0.25, -0.2) is 0 Å². The molecule has 458 valence electrons. The number of aliphatic hydroxyl groups is 3. The Hall–Kier alpha value is -8.06. The number of aromatic amines is 1. The Morgan fingerprint density at radius 2 is 1.48 bits per heavy atom. The number of hydrogen-bond acceptors (Lipinski definition) is 17. The Morgan fingerprint density at radius 1 is 0.810 bits per heavy atom. The SMILES string of the molecule is CC[C@H](C)[C@@H]1NC(=O)CNC(=O)[C@H]2Cc3c([nH]c4cc(OCc5ccc(NC(=O)[C@H](C)NC(=O)[C@@H](N)C(C)C)cc5)ccc34)S(=O)C[C@H](NC(=O)CNC1=O)C(=O)NC(CC(N)=O)C(=O)N1C[C@H](O)CC1C(=O)N[C@@H]([C@@H](C)[C@@H](O)CO)C(=O)N2. The van der Waals surface area contributed by atoms with Crippen molar-refractivity contribution in [2.24, 2.45) is 29.2 Å². The third-order valence-electron chi connectivity index (χ3n) is 14.9. The molecule has 2 bridgehead atoms. The fourth-order valence-electron chi connectivity index (χ4n) is 9.56. The molecule has 0 saturated carbocycles. The van der Waals surface area contributed by atoms with E-state index in [0.717, 1.165) is 4.90 Å². The predicted octanol–water partition coefficient (Wildman–Crippen LogP) is -4.62. The van der Waals surface area contributed by atoms with E-state index >= 15 is 4.21 Å². The molecule has 6 rings (SSSR count). The zero-order valence-electron chi connectivity index (χ0n) is 47.3. The van der Waals surface area contributed by atoms with Gasteiger partial charge in [-0.15, -0.1) is 0 Å². The van der Waals surface area contributed by atoms with Gasteiger partial charge in [-0.05, 0) is 54.2 Å². The van der Waals surface area contributed by atoms with Crippen LogP contribution >= 0.6 is 0 Å². The molecule has 3 aliphatic heterocycles. The van der Waals surface area contributed by atoms with Crippen molar-refractivity contribution in [1.82, 2.24) is 52.4 Å². The standard InChI is InChI=1S/C54H75N13O16S/c1-7-25(4)44-51(79)58-18-41(72)61-37-23-84(82)53-33(32-13-12-31(15-34(32)64-53)83-22-28-8-10-29(11-9-28)60-46(74)27(6)59-50(78)43(56)24(2)3)16-35(47(75)57-19-42(73)65-44)62-52(80)45(26(5)39(70)21-68)66-49(77)38-14-30(69)20-67(38)54(81)36(17-40(55)71)63-48(37)76/h8-13,15,24-27,30,35-39,43-45,64,68-70H,7,14,16-23,56H2,1-6H3,(H2,55,71)(H,57,75)(H,58,79)(H,59,78)(H,60,74)(H,61,72)(H,62,80)(H,63,76)(H,65,73)(H,66,77)/t25-,26-,27-,30+,35+,36?,37-,38?,39-,43-,44-,45-,84?/m0/s1. The van der Waals surface area contributed by atoms with Crippen LogP contribution in [0, 0.1) is 17.8 Å². The van der Waals surface area contributed by atoms with Crippen molar-refractivity contribution >= 4 is 92.4 Å². The number of amides is 11. The van der Waals surface area contributed by atoms with Crippen molar-refractivity contribution in [3.8, 4) is 5.75 Å². The monoisotopic (exact) mass is 1190 g/mol. The molecule has 29 nitrogen and oxygen atoms in total. The van der Waals surface area contributed by atoms with Gasteiger partial charge in [-0.2, -0.15) is 0 Å². The Morgan fingerprint density at radius 3 is 2.12 bits per heavy atom. The molecule has 3 unspecified atom stereocenters. The lowest BCUT2D eigenvalue weighted by atomic mass is 9.93. The number of primary amides is 1. The van der Waals surface area contributed by atoms with Crippen LogP contribution in [-0.4, -0.2) is 187 Å². The molecule has 11 amide bonds. The summed E-state index contributed by atoms with van der Waals surface area (Å²) in [5.74, 6) is -12.9. The van der Waals surface area contributed by atoms with Crippen LogP contribution in [0.15, 0.2) is 47.5 Å². The van der Waals surface area contributed by atoms with E-state index in [1.165, 1.54) is 26.0 Å². The number of nitrogens with two attached hydrogens (primary N) is 2. The molecule has 2 aromatic carbocycles. The van der Waals surface area contributed by atoms with E-state index < -0.39 is 199 Å². The molecule has 13 atom stereocenters. The maximum Gasteiger partial charge on any atom is 0.246 e. The Kier molecular flexibility index (Phi) is 22.4. The van der Waals surface area contributed by atoms with Gasteiger partial charge >= 0.3 is 0 Å². The van der Waals surface area contributed by atoms with Crippen molar-refractivity contribution in [2.45, 2.75) is 139 Å². The van der Waals surface area contributed by atoms with E-state index in [1.54, 1.807) is 58.0 Å². The number of H-pyrrole nitrogens is 1. The van der Waals surface area contributed by atoms with Crippen LogP contribution in [0.25, 0.3) is 10.9 Å². The Balaban J connectivity index is 1.44. The fourth-order valence-corrected chi connectivity index (χ4v) is 11.0. The van der Waals surface area contributed by atoms with Gasteiger partial charge in [-0.1, -0.05) is 53.2 Å². The third kappa shape index (κ3) is 16.6. The van der Waals surface area contributed by atoms with Crippen LogP contribution in [0.1, 0.15) is 71.9 Å². The topological polar surface area (TPSA) is 454 Å². The van der Waals surface area contributed by atoms with Gasteiger partial charge < -0.3 is 89.3 Å². The van der Waals surface area contributed by atoms with Crippen LogP contribution in [0.5, 0.6) is 5.75 Å². The molecule has 1 aromatic heterocycles. The molecule has 17 N–H and O–H groups in total. The number of nitrogens with zero attached hydrogens (tertiary/aromatic N) is 1. The van der Waals surface area contributed by atoms with E-state index in [-0.39, 0.29) is 39.8 Å². The highest BCUT2D eigenvalue weighted by molar-refractivity contribution is 7.85. The summed E-state index contributed by atoms with van der Waals surface area (Å²) in [7, 11) is -2.45. The molecular formula is C54H75N13O16S. The van der Waals surface area contributed by atoms with Crippen LogP contribution in [0.3, 0.4) is 0 Å². The highest BCUT2D eigenvalue weighted by Gasteiger charge is 2.45. The highest BCUT2D eigenvalue weighted by atomic mass is 32.2. The number of rotatable bonds is 15. The van der Waals surface area contributed by atoms with Gasteiger partial charge in [0, 0.05) is 42.4 Å². The first-order chi connectivity index (χ1) is 39.7. The van der Waals surface area contributed by atoms with Crippen molar-refractivity contribution in [2.75, 3.05) is 37.3 Å². The number of ether oxygens (including phenoxy) is 1. The summed E-state index contributed by atoms with van der Waals surface area (Å²) in [6.07, 6.45) is -4.59. The number of fused-ring (bicyclic) bond motifs is 5. The molecule has 30 heteroatoms. The predicted molar refractivity (Wildman–Crippen MR) is 300 cm³/mol. The van der Waals surface area contributed by atoms with Crippen LogP contribution in [0.2, 0.25) is 0 Å². The van der Waals surface area contributed by atoms with Crippen LogP contribution in [0.4, 0.5) is 5.69 Å². The van der Waals surface area contributed by atoms with Gasteiger partial charge in [0.25, 0.3) is 0 Å². The van der Waals surface area contributed by atoms with E-state index in [1.807, 2.05) is 0 Å². The van der Waals surface area contributed by atoms with Crippen molar-refractivity contribution in [3.05, 3.63) is 53.6 Å². The summed E-state index contributed by atoms with van der Waals surface area (Å²) in [6, 6.07) is -0.673. The van der Waals surface area contributed by atoms with Gasteiger partial charge in [0.15, 0.2) is 0 Å². The number of hydrogen-bond donors (Lipinski definition) is 15. The minimum atomic E-state index is -2.45. The summed E-state index contributed by atoms with van der Waals surface area (Å²) >= 11 is 0. The summed E-state index contributed by atoms with van der Waals surface area (Å²) in [5.41, 5.74) is 12.8. The largest absolute Gasteiger partial charge is 0.489 e. The Labute approximate surface area is 485 Å². The molecule has 0 radical (unpaired) electrons. The van der Waals surface area contributed by atoms with Crippen LogP contribution in [-0.2, 0) is 76.6 Å². The van der Waals surface area contributed by atoms with Crippen molar-refractivity contribution in [1.29, 1.82) is 0 Å². The first-order valence-electron chi connectivity index (χ1n) is 27.4. The fraction of sp³-hybridized carbons (Fsp3) is 0.537. The smallest absolute Gasteiger partial charge is 0.246 e. The number of anilines is 1. The third-order valence-corrected chi connectivity index (χ3v) is 16.4. The van der Waals surface area contributed by atoms with Crippen molar-refractivity contribution in [3.63, 3.8) is 0 Å². The zero-order valence-corrected chi connectivity index (χ0v) is 48.1. The lowest BCUT2D eigenvalue weighted by molar-refractivity contribution is -0.144. The number of benzene rings is 2. The van der Waals surface area contributed by atoms with E-state index in [4.69, 9.17) is 16.2 Å². The molecule has 84 heavy (non-hydrogen) atoms. The molecule has 0 spiro atoms. The quantitative estimate of drug-likeness (QED) is 0.0681. The summed E-state index contributed by atoms with van der Waals surface area (Å²) in [4.78, 5) is 155. The average molecular weight is 1190 g/mol. The molecule has 3 aliphatic rings. The summed E-state index contributed by atoms with van der Waals surface area (Å²) in [6.45, 7) is 6.70. The first-order valence-corrected chi connectivity index (χ1v) is 28.7. The molecule has 4 heterocycles. The highest BCUT2D eigenvalue weighted by Crippen LogP contribution is 2.31. The minimum Gasteiger partial charge on any atom is -0.489 e. The zero-order chi connectivity index (χ0) is 61.9. The number of carbonyl (C=O) groups excluding carboxylic acids is 11. The summed E-state index contributed by atoms with van der Waals surface area (Å²) < 4.78 is 21.2. The normalized spacial score (nSPS) is 25.2. The minimum absolute atomic E-state index is 0.0258. The van der Waals surface area contributed by atoms with Gasteiger partial charge in [0.1, 0.15) is 59.7 Å². The maximum atomic E-state index is 15.1. The first kappa shape index (κ1) is 65.1. The number of aromatic nitrogens is 1. The van der Waals surface area contributed by atoms with E-state index in [0.29, 0.717) is 17.7 Å². The number of aliphatic hydroxyl groups excluding tert-OH is 3. The number of nitrogens with one attached hydrogen (secondary N) is 10. The lowest BCUT2D eigenvalue weighted by Crippen LogP contribution is -2.62. The van der Waals surface area contributed by atoms with E-state index in [9.17, 15) is 68.1 Å². The molecule has 1 saturated heterocycles. The number of carbonyl (C=O) groups is 11. The molecule has 1 fully saturated rings. The van der Waals surface area contributed by atoms with Gasteiger partial charge in [0.05, 0.1) is 66.4 Å². The second kappa shape index (κ2) is 29.0. The van der Waals surface area contributed by atoms with Gasteiger partial charge in [0.2, 0.25) is 65.0 Å². The van der Waals surface area contributed by atoms with E-state index in [2.05, 4.69) is 52.8 Å². The molecule has 3 aromatic rings. The van der Waals surface area contributed by atoms with Crippen LogP contribution < -0.4 is 64.1 Å². The second-order valence-electron chi connectivity index (χ2n) is 21.6. The molecular weight excluding hydrogens is 1120 g/mol. The summed E-state index contributed by atoms with van der Waals surface area (Å²) in [5, 5.41) is 54.5. The maximum absolute atomic E-state index is 15.1.